The number of furan rings is 1. The predicted octanol–water partition coefficient (Wildman–Crippen LogP) is 5.57. The molecule has 0 radical (unpaired) electrons. The molecule has 1 N–H and O–H groups in total. The Morgan fingerprint density at radius 2 is 1.90 bits per heavy atom. The molecular weight excluding hydrogens is 430 g/mol. The number of benzene rings is 2. The number of anilines is 1. The lowest BCUT2D eigenvalue weighted by atomic mass is 10.2. The number of hydrogen-bond donors (Lipinski definition) is 1. The molecule has 1 aliphatic rings. The van der Waals surface area contributed by atoms with Crippen LogP contribution in [0, 0.1) is 0 Å². The summed E-state index contributed by atoms with van der Waals surface area (Å²) in [4.78, 5) is 4.66. The zero-order chi connectivity index (χ0) is 21.6. The summed E-state index contributed by atoms with van der Waals surface area (Å²) in [6.07, 6.45) is 1.01. The molecule has 0 spiro atoms. The third kappa shape index (κ3) is 5.77. The van der Waals surface area contributed by atoms with Gasteiger partial charge in [-0.15, -0.1) is 0 Å². The smallest absolute Gasteiger partial charge is 0.174 e. The van der Waals surface area contributed by atoms with E-state index in [4.69, 9.17) is 33.0 Å². The second kappa shape index (κ2) is 10.5. The zero-order valence-corrected chi connectivity index (χ0v) is 19.3. The summed E-state index contributed by atoms with van der Waals surface area (Å²) < 4.78 is 11.6. The number of rotatable bonds is 7. The minimum Gasteiger partial charge on any atom is -0.459 e. The summed E-state index contributed by atoms with van der Waals surface area (Å²) in [7, 11) is 0. The largest absolute Gasteiger partial charge is 0.459 e. The van der Waals surface area contributed by atoms with Gasteiger partial charge in [-0.2, -0.15) is 0 Å². The van der Waals surface area contributed by atoms with E-state index in [0.29, 0.717) is 10.1 Å². The van der Waals surface area contributed by atoms with Gasteiger partial charge in [-0.05, 0) is 62.0 Å². The first kappa shape index (κ1) is 22.1. The van der Waals surface area contributed by atoms with E-state index < -0.39 is 0 Å². The van der Waals surface area contributed by atoms with Crippen molar-refractivity contribution in [2.45, 2.75) is 19.4 Å². The lowest BCUT2D eigenvalue weighted by Gasteiger charge is -2.32. The number of nitrogens with zero attached hydrogens (tertiary/aromatic N) is 2. The summed E-state index contributed by atoms with van der Waals surface area (Å²) in [5, 5.41) is 5.85. The fourth-order valence-electron chi connectivity index (χ4n) is 3.85. The van der Waals surface area contributed by atoms with Crippen LogP contribution in [0.2, 0.25) is 5.02 Å². The first-order valence-corrected chi connectivity index (χ1v) is 11.5. The number of morpholine rings is 1. The van der Waals surface area contributed by atoms with E-state index in [1.165, 1.54) is 0 Å². The van der Waals surface area contributed by atoms with Gasteiger partial charge in [0.25, 0.3) is 0 Å². The minimum atomic E-state index is 0.00406. The Hall–Kier alpha value is -2.12. The average Bonchev–Trinajstić information content (AvgIpc) is 3.23. The maximum absolute atomic E-state index is 6.15. The number of para-hydroxylation sites is 1. The van der Waals surface area contributed by atoms with Gasteiger partial charge in [0.15, 0.2) is 5.11 Å². The maximum atomic E-state index is 6.15. The van der Waals surface area contributed by atoms with Gasteiger partial charge in [0.05, 0.1) is 19.3 Å². The Labute approximate surface area is 193 Å². The second-order valence-electron chi connectivity index (χ2n) is 7.80. The molecule has 1 unspecified atom stereocenters. The van der Waals surface area contributed by atoms with Crippen LogP contribution in [0.4, 0.5) is 5.69 Å². The highest BCUT2D eigenvalue weighted by molar-refractivity contribution is 7.80. The quantitative estimate of drug-likeness (QED) is 0.468. The predicted molar refractivity (Wildman–Crippen MR) is 131 cm³/mol. The Morgan fingerprint density at radius 3 is 2.65 bits per heavy atom. The summed E-state index contributed by atoms with van der Waals surface area (Å²) in [5.41, 5.74) is 1.82. The van der Waals surface area contributed by atoms with Gasteiger partial charge in [0.2, 0.25) is 0 Å². The summed E-state index contributed by atoms with van der Waals surface area (Å²) in [6.45, 7) is 7.61. The lowest BCUT2D eigenvalue weighted by Crippen LogP contribution is -2.41. The van der Waals surface area contributed by atoms with Crippen LogP contribution in [0.25, 0.3) is 11.0 Å². The van der Waals surface area contributed by atoms with E-state index in [2.05, 4.69) is 34.2 Å². The molecule has 164 valence electrons. The maximum Gasteiger partial charge on any atom is 0.174 e. The van der Waals surface area contributed by atoms with Crippen molar-refractivity contribution < 1.29 is 9.15 Å². The number of thiocarbonyl (C=S) groups is 1. The third-order valence-corrected chi connectivity index (χ3v) is 6.25. The van der Waals surface area contributed by atoms with Crippen LogP contribution in [0.1, 0.15) is 25.1 Å². The van der Waals surface area contributed by atoms with Crippen molar-refractivity contribution in [2.24, 2.45) is 0 Å². The molecule has 5 nitrogen and oxygen atoms in total. The van der Waals surface area contributed by atoms with E-state index in [0.717, 1.165) is 68.2 Å². The van der Waals surface area contributed by atoms with E-state index >= 15 is 0 Å². The molecule has 0 amide bonds. The van der Waals surface area contributed by atoms with Crippen molar-refractivity contribution in [1.82, 2.24) is 9.80 Å². The molecule has 1 aromatic heterocycles. The van der Waals surface area contributed by atoms with Gasteiger partial charge < -0.3 is 19.4 Å². The molecule has 2 aromatic carbocycles. The van der Waals surface area contributed by atoms with E-state index in [9.17, 15) is 0 Å². The van der Waals surface area contributed by atoms with Crippen molar-refractivity contribution >= 4 is 45.6 Å². The molecule has 1 atom stereocenters. The number of ether oxygens (including phenoxy) is 1. The molecule has 7 heteroatoms. The fraction of sp³-hybridized carbons (Fsp3) is 0.375. The van der Waals surface area contributed by atoms with Crippen molar-refractivity contribution in [3.05, 3.63) is 65.4 Å². The molecule has 3 aromatic rings. The van der Waals surface area contributed by atoms with Crippen molar-refractivity contribution in [3.8, 4) is 0 Å². The molecule has 1 aliphatic heterocycles. The molecule has 31 heavy (non-hydrogen) atoms. The molecule has 2 heterocycles. The summed E-state index contributed by atoms with van der Waals surface area (Å²) in [5.74, 6) is 0.910. The zero-order valence-electron chi connectivity index (χ0n) is 17.7. The van der Waals surface area contributed by atoms with Crippen molar-refractivity contribution in [1.29, 1.82) is 0 Å². The van der Waals surface area contributed by atoms with Crippen LogP contribution >= 0.6 is 23.8 Å². The first-order chi connectivity index (χ1) is 15.1. The number of fused-ring (bicyclic) bond motifs is 1. The van der Waals surface area contributed by atoms with Crippen LogP contribution in [0.3, 0.4) is 0 Å². The average molecular weight is 458 g/mol. The van der Waals surface area contributed by atoms with Gasteiger partial charge in [-0.3, -0.25) is 4.90 Å². The van der Waals surface area contributed by atoms with E-state index in [1.54, 1.807) is 0 Å². The van der Waals surface area contributed by atoms with Crippen molar-refractivity contribution in [3.63, 3.8) is 0 Å². The highest BCUT2D eigenvalue weighted by Gasteiger charge is 2.22. The summed E-state index contributed by atoms with van der Waals surface area (Å²) >= 11 is 11.8. The second-order valence-corrected chi connectivity index (χ2v) is 8.62. The monoisotopic (exact) mass is 457 g/mol. The van der Waals surface area contributed by atoms with Crippen LogP contribution in [-0.4, -0.2) is 54.3 Å². The SMILES string of the molecule is CC(c1cc2ccccc2o1)N(CCCN1CCOCC1)C(=S)Nc1ccc(Cl)cc1. The number of hydrogen-bond acceptors (Lipinski definition) is 4. The first-order valence-electron chi connectivity index (χ1n) is 10.7. The van der Waals surface area contributed by atoms with Crippen LogP contribution in [0.5, 0.6) is 0 Å². The molecule has 4 rings (SSSR count). The third-order valence-electron chi connectivity index (χ3n) is 5.66. The topological polar surface area (TPSA) is 40.9 Å². The molecule has 0 aliphatic carbocycles. The van der Waals surface area contributed by atoms with Gasteiger partial charge >= 0.3 is 0 Å². The van der Waals surface area contributed by atoms with Crippen LogP contribution in [0.15, 0.2) is 59.0 Å². The van der Waals surface area contributed by atoms with Gasteiger partial charge in [0, 0.05) is 42.3 Å². The molecule has 1 saturated heterocycles. The van der Waals surface area contributed by atoms with Gasteiger partial charge in [0.1, 0.15) is 11.3 Å². The lowest BCUT2D eigenvalue weighted by molar-refractivity contribution is 0.0365. The van der Waals surface area contributed by atoms with Gasteiger partial charge in [-0.25, -0.2) is 0 Å². The van der Waals surface area contributed by atoms with Gasteiger partial charge in [-0.1, -0.05) is 29.8 Å². The molecule has 1 fully saturated rings. The Balaban J connectivity index is 1.48. The van der Waals surface area contributed by atoms with Crippen molar-refractivity contribution in [2.75, 3.05) is 44.7 Å². The standard InChI is InChI=1S/C24H28ClN3O2S/c1-18(23-17-19-5-2-3-6-22(19)30-23)28(12-4-11-27-13-15-29-16-14-27)24(31)26-21-9-7-20(25)8-10-21/h2-3,5-10,17-18H,4,11-16H2,1H3,(H,26,31). The van der Waals surface area contributed by atoms with Crippen LogP contribution in [-0.2, 0) is 4.74 Å². The minimum absolute atomic E-state index is 0.00406. The van der Waals surface area contributed by atoms with Crippen LogP contribution < -0.4 is 5.32 Å². The number of halogens is 1. The van der Waals surface area contributed by atoms with E-state index in [1.807, 2.05) is 42.5 Å². The highest BCUT2D eigenvalue weighted by atomic mass is 35.5. The molecule has 0 bridgehead atoms. The number of nitrogens with one attached hydrogen (secondary N) is 1. The highest BCUT2D eigenvalue weighted by Crippen LogP contribution is 2.28. The molecular formula is C24H28ClN3O2S. The Kier molecular flexibility index (Phi) is 7.45. The molecule has 0 saturated carbocycles. The normalized spacial score (nSPS) is 15.7. The van der Waals surface area contributed by atoms with E-state index in [-0.39, 0.29) is 6.04 Å². The summed E-state index contributed by atoms with van der Waals surface area (Å²) in [6, 6.07) is 17.8. The Morgan fingerprint density at radius 1 is 1.16 bits per heavy atom. The fourth-order valence-corrected chi connectivity index (χ4v) is 4.34. The Bertz CT molecular complexity index is 968.